The fourth-order valence-electron chi connectivity index (χ4n) is 4.83. The quantitative estimate of drug-likeness (QED) is 0.658. The molecule has 9 nitrogen and oxygen atoms in total. The van der Waals surface area contributed by atoms with Gasteiger partial charge in [-0.2, -0.15) is 0 Å². The van der Waals surface area contributed by atoms with E-state index in [4.69, 9.17) is 5.73 Å². The lowest BCUT2D eigenvalue weighted by Crippen LogP contribution is -2.51. The summed E-state index contributed by atoms with van der Waals surface area (Å²) in [7, 11) is 1.99. The second kappa shape index (κ2) is 9.20. The number of carbonyl (C=O) groups is 3. The highest BCUT2D eigenvalue weighted by Crippen LogP contribution is 2.35. The average molecular weight is 493 g/mol. The summed E-state index contributed by atoms with van der Waals surface area (Å²) >= 11 is 0. The first-order valence-electron chi connectivity index (χ1n) is 12.3. The van der Waals surface area contributed by atoms with Crippen LogP contribution in [0.2, 0.25) is 0 Å². The number of urea groups is 2. The van der Waals surface area contributed by atoms with Crippen molar-refractivity contribution in [3.05, 3.63) is 59.4 Å². The van der Waals surface area contributed by atoms with Crippen LogP contribution in [0.3, 0.4) is 0 Å². The Labute approximate surface area is 212 Å². The van der Waals surface area contributed by atoms with Gasteiger partial charge in [-0.05, 0) is 61.7 Å². The molecule has 1 aromatic carbocycles. The molecule has 0 aliphatic carbocycles. The number of pyridine rings is 1. The minimum absolute atomic E-state index is 0.0286. The number of benzene rings is 1. The molecule has 36 heavy (non-hydrogen) atoms. The Kier molecular flexibility index (Phi) is 6.55. The number of hydrogen-bond acceptors (Lipinski definition) is 5. The number of primary amides is 1. The van der Waals surface area contributed by atoms with Crippen molar-refractivity contribution in [2.75, 3.05) is 31.6 Å². The van der Waals surface area contributed by atoms with Crippen LogP contribution >= 0.6 is 0 Å². The molecule has 0 spiro atoms. The van der Waals surface area contributed by atoms with Crippen molar-refractivity contribution in [2.45, 2.75) is 58.2 Å². The van der Waals surface area contributed by atoms with Crippen LogP contribution in [0.1, 0.15) is 57.5 Å². The monoisotopic (exact) mass is 492 g/mol. The number of aromatic nitrogens is 1. The van der Waals surface area contributed by atoms with Gasteiger partial charge in [0, 0.05) is 32.4 Å². The third kappa shape index (κ3) is 4.67. The SMILES string of the molecule is CN1CCN(C(N)=O)C(c2cc(CN3C(=O)N(c4ccc(C(C)(C)C)cc4)C(=O)C3(C)C)ccn2)C1. The number of anilines is 1. The van der Waals surface area contributed by atoms with Crippen LogP contribution in [0.5, 0.6) is 0 Å². The van der Waals surface area contributed by atoms with Gasteiger partial charge >= 0.3 is 12.1 Å². The molecule has 3 heterocycles. The number of nitrogens with zero attached hydrogens (tertiary/aromatic N) is 5. The lowest BCUT2D eigenvalue weighted by Gasteiger charge is -2.38. The standard InChI is InChI=1S/C27H36N6O3/c1-26(2,3)19-7-9-20(10-8-19)33-23(34)27(4,5)32(25(33)36)16-18-11-12-29-21(15-18)22-17-30(6)13-14-31(22)24(28)35/h7-12,15,22H,13-14,16-17H2,1-6H3,(H2,28,35). The lowest BCUT2D eigenvalue weighted by molar-refractivity contribution is -0.123. The number of likely N-dealkylation sites (N-methyl/N-ethyl adjacent to an activating group) is 1. The van der Waals surface area contributed by atoms with Crippen LogP contribution in [-0.2, 0) is 16.8 Å². The average Bonchev–Trinajstić information content (AvgIpc) is 2.98. The van der Waals surface area contributed by atoms with Gasteiger partial charge in [-0.15, -0.1) is 0 Å². The predicted molar refractivity (Wildman–Crippen MR) is 138 cm³/mol. The van der Waals surface area contributed by atoms with E-state index in [1.807, 2.05) is 43.4 Å². The molecule has 2 saturated heterocycles. The van der Waals surface area contributed by atoms with E-state index >= 15 is 0 Å². The number of nitrogens with two attached hydrogens (primary N) is 1. The molecule has 2 aliphatic heterocycles. The van der Waals surface area contributed by atoms with Gasteiger partial charge in [0.2, 0.25) is 0 Å². The molecule has 2 aliphatic rings. The zero-order valence-corrected chi connectivity index (χ0v) is 22.0. The van der Waals surface area contributed by atoms with Crippen molar-refractivity contribution in [3.63, 3.8) is 0 Å². The van der Waals surface area contributed by atoms with E-state index < -0.39 is 11.6 Å². The summed E-state index contributed by atoms with van der Waals surface area (Å²) in [4.78, 5) is 50.1. The van der Waals surface area contributed by atoms with Crippen molar-refractivity contribution < 1.29 is 14.4 Å². The van der Waals surface area contributed by atoms with E-state index in [-0.39, 0.29) is 29.9 Å². The molecular formula is C27H36N6O3. The summed E-state index contributed by atoms with van der Waals surface area (Å²) in [5.74, 6) is -0.265. The summed E-state index contributed by atoms with van der Waals surface area (Å²) in [5.41, 5.74) is 7.81. The van der Waals surface area contributed by atoms with Crippen LogP contribution in [0.4, 0.5) is 15.3 Å². The Bertz CT molecular complexity index is 1170. The van der Waals surface area contributed by atoms with E-state index in [1.54, 1.807) is 29.8 Å². The van der Waals surface area contributed by atoms with Gasteiger partial charge in [-0.3, -0.25) is 9.78 Å². The Hall–Kier alpha value is -3.46. The fraction of sp³-hybridized carbons (Fsp3) is 0.481. The third-order valence-corrected chi connectivity index (χ3v) is 7.21. The van der Waals surface area contributed by atoms with Crippen molar-refractivity contribution in [3.8, 4) is 0 Å². The molecular weight excluding hydrogens is 456 g/mol. The third-order valence-electron chi connectivity index (χ3n) is 7.21. The van der Waals surface area contributed by atoms with E-state index in [1.165, 1.54) is 4.90 Å². The maximum Gasteiger partial charge on any atom is 0.332 e. The van der Waals surface area contributed by atoms with Gasteiger partial charge in [0.1, 0.15) is 5.54 Å². The minimum atomic E-state index is -1.02. The summed E-state index contributed by atoms with van der Waals surface area (Å²) in [6, 6.07) is 10.2. The highest BCUT2D eigenvalue weighted by atomic mass is 16.2. The molecule has 1 aromatic heterocycles. The van der Waals surface area contributed by atoms with Gasteiger partial charge in [0.25, 0.3) is 5.91 Å². The predicted octanol–water partition coefficient (Wildman–Crippen LogP) is 3.49. The maximum absolute atomic E-state index is 13.5. The van der Waals surface area contributed by atoms with E-state index in [0.29, 0.717) is 24.5 Å². The zero-order valence-electron chi connectivity index (χ0n) is 22.0. The van der Waals surface area contributed by atoms with E-state index in [2.05, 4.69) is 30.7 Å². The molecule has 2 N–H and O–H groups in total. The van der Waals surface area contributed by atoms with Crippen LogP contribution in [0, 0.1) is 0 Å². The van der Waals surface area contributed by atoms with Gasteiger partial charge in [0.15, 0.2) is 0 Å². The first-order valence-corrected chi connectivity index (χ1v) is 12.3. The molecule has 5 amide bonds. The Balaban J connectivity index is 1.60. The Morgan fingerprint density at radius 1 is 1.11 bits per heavy atom. The van der Waals surface area contributed by atoms with Gasteiger partial charge in [-0.25, -0.2) is 14.5 Å². The number of imide groups is 1. The highest BCUT2D eigenvalue weighted by Gasteiger charge is 2.51. The molecule has 4 rings (SSSR count). The van der Waals surface area contributed by atoms with Crippen molar-refractivity contribution in [2.24, 2.45) is 5.73 Å². The fourth-order valence-corrected chi connectivity index (χ4v) is 4.83. The van der Waals surface area contributed by atoms with E-state index in [0.717, 1.165) is 17.7 Å². The largest absolute Gasteiger partial charge is 0.351 e. The molecule has 9 heteroatoms. The van der Waals surface area contributed by atoms with E-state index in [9.17, 15) is 14.4 Å². The van der Waals surface area contributed by atoms with Gasteiger partial charge < -0.3 is 20.4 Å². The van der Waals surface area contributed by atoms with Crippen LogP contribution in [-0.4, -0.2) is 69.9 Å². The van der Waals surface area contributed by atoms with Crippen LogP contribution < -0.4 is 10.6 Å². The lowest BCUT2D eigenvalue weighted by atomic mass is 9.87. The zero-order chi connectivity index (χ0) is 26.4. The van der Waals surface area contributed by atoms with Crippen molar-refractivity contribution in [1.29, 1.82) is 0 Å². The Morgan fingerprint density at radius 2 is 1.78 bits per heavy atom. The van der Waals surface area contributed by atoms with Gasteiger partial charge in [-0.1, -0.05) is 32.9 Å². The number of carbonyl (C=O) groups excluding carboxylic acids is 3. The van der Waals surface area contributed by atoms with Gasteiger partial charge in [0.05, 0.1) is 17.4 Å². The van der Waals surface area contributed by atoms with Crippen molar-refractivity contribution >= 4 is 23.7 Å². The number of rotatable bonds is 4. The second-order valence-corrected chi connectivity index (χ2v) is 11.3. The first kappa shape index (κ1) is 25.6. The summed E-state index contributed by atoms with van der Waals surface area (Å²) < 4.78 is 0. The molecule has 1 unspecified atom stereocenters. The molecule has 2 aromatic rings. The molecule has 0 bridgehead atoms. The van der Waals surface area contributed by atoms with Crippen molar-refractivity contribution in [1.82, 2.24) is 19.7 Å². The molecule has 0 saturated carbocycles. The first-order chi connectivity index (χ1) is 16.8. The number of amides is 5. The summed E-state index contributed by atoms with van der Waals surface area (Å²) in [5, 5.41) is 0. The normalized spacial score (nSPS) is 20.8. The second-order valence-electron chi connectivity index (χ2n) is 11.3. The summed E-state index contributed by atoms with van der Waals surface area (Å²) in [6.07, 6.45) is 1.68. The topological polar surface area (TPSA) is 103 Å². The summed E-state index contributed by atoms with van der Waals surface area (Å²) in [6.45, 7) is 12.0. The number of hydrogen-bond donors (Lipinski definition) is 1. The minimum Gasteiger partial charge on any atom is -0.351 e. The molecule has 2 fully saturated rings. The smallest absolute Gasteiger partial charge is 0.332 e. The molecule has 192 valence electrons. The molecule has 0 radical (unpaired) electrons. The Morgan fingerprint density at radius 3 is 2.39 bits per heavy atom. The maximum atomic E-state index is 13.5. The highest BCUT2D eigenvalue weighted by molar-refractivity contribution is 6.22. The number of piperazine rings is 1. The van der Waals surface area contributed by atoms with Crippen LogP contribution in [0.15, 0.2) is 42.6 Å². The van der Waals surface area contributed by atoms with Crippen LogP contribution in [0.25, 0.3) is 0 Å². The molecule has 1 atom stereocenters.